The van der Waals surface area contributed by atoms with Gasteiger partial charge in [0.2, 0.25) is 0 Å². The van der Waals surface area contributed by atoms with Crippen LogP contribution in [0.25, 0.3) is 0 Å². The molecule has 1 aromatic rings. The molecule has 0 aliphatic carbocycles. The topological polar surface area (TPSA) is 24.5 Å². The third-order valence-corrected chi connectivity index (χ3v) is 3.54. The molecule has 1 N–H and O–H groups in total. The molecular formula is C13H18N2O. The molecule has 3 heteroatoms. The molecule has 86 valence electrons. The van der Waals surface area contributed by atoms with Crippen LogP contribution in [0, 0.1) is 0 Å². The average Bonchev–Trinajstić information content (AvgIpc) is 2.92. The van der Waals surface area contributed by atoms with Crippen LogP contribution in [-0.4, -0.2) is 31.8 Å². The van der Waals surface area contributed by atoms with Crippen molar-refractivity contribution in [3.63, 3.8) is 0 Å². The van der Waals surface area contributed by atoms with Gasteiger partial charge in [0.05, 0.1) is 6.61 Å². The summed E-state index contributed by atoms with van der Waals surface area (Å²) in [7, 11) is 0. The lowest BCUT2D eigenvalue weighted by Gasteiger charge is -2.29. The minimum atomic E-state index is 0.697. The number of ether oxygens (including phenoxy) is 1. The zero-order valence-corrected chi connectivity index (χ0v) is 9.65. The zero-order chi connectivity index (χ0) is 11.0. The van der Waals surface area contributed by atoms with Gasteiger partial charge < -0.3 is 15.0 Å². The van der Waals surface area contributed by atoms with Crippen LogP contribution < -0.4 is 15.0 Å². The van der Waals surface area contributed by atoms with E-state index in [0.29, 0.717) is 12.1 Å². The Bertz CT molecular complexity index is 363. The summed E-state index contributed by atoms with van der Waals surface area (Å²) in [5.41, 5.74) is 1.33. The first-order valence-corrected chi connectivity index (χ1v) is 6.09. The number of nitrogens with zero attached hydrogens (tertiary/aromatic N) is 1. The average molecular weight is 218 g/mol. The summed E-state index contributed by atoms with van der Waals surface area (Å²) in [5, 5.41) is 3.52. The molecule has 2 unspecified atom stereocenters. The fourth-order valence-corrected chi connectivity index (χ4v) is 2.78. The standard InChI is InChI=1S/C13H18N2O/c1-2-16-13-5-3-11(4-6-13)15-9-10-7-12(15)8-14-10/h3-6,10,12,14H,2,7-9H2,1H3. The molecule has 2 aliphatic heterocycles. The van der Waals surface area contributed by atoms with Gasteiger partial charge in [-0.3, -0.25) is 0 Å². The van der Waals surface area contributed by atoms with E-state index in [-0.39, 0.29) is 0 Å². The van der Waals surface area contributed by atoms with Crippen molar-refractivity contribution in [3.8, 4) is 5.75 Å². The van der Waals surface area contributed by atoms with Crippen LogP contribution in [0.3, 0.4) is 0 Å². The molecule has 0 saturated carbocycles. The molecule has 0 aromatic heterocycles. The van der Waals surface area contributed by atoms with Gasteiger partial charge in [0.1, 0.15) is 5.75 Å². The first-order chi connectivity index (χ1) is 7.86. The normalized spacial score (nSPS) is 27.4. The minimum Gasteiger partial charge on any atom is -0.494 e. The number of fused-ring (bicyclic) bond motifs is 2. The van der Waals surface area contributed by atoms with Gasteiger partial charge in [-0.15, -0.1) is 0 Å². The SMILES string of the molecule is CCOc1ccc(N2CC3CC2CN3)cc1. The Labute approximate surface area is 96.4 Å². The van der Waals surface area contributed by atoms with Crippen molar-refractivity contribution in [3.05, 3.63) is 24.3 Å². The van der Waals surface area contributed by atoms with Gasteiger partial charge in [0.25, 0.3) is 0 Å². The van der Waals surface area contributed by atoms with Gasteiger partial charge in [-0.1, -0.05) is 0 Å². The van der Waals surface area contributed by atoms with Crippen LogP contribution in [0.1, 0.15) is 13.3 Å². The quantitative estimate of drug-likeness (QED) is 0.834. The third-order valence-electron chi connectivity index (χ3n) is 3.54. The molecule has 0 spiro atoms. The number of hydrogen-bond acceptors (Lipinski definition) is 3. The highest BCUT2D eigenvalue weighted by molar-refractivity contribution is 5.52. The highest BCUT2D eigenvalue weighted by Crippen LogP contribution is 2.30. The molecular weight excluding hydrogens is 200 g/mol. The molecule has 0 amide bonds. The van der Waals surface area contributed by atoms with Gasteiger partial charge in [-0.25, -0.2) is 0 Å². The summed E-state index contributed by atoms with van der Waals surface area (Å²) < 4.78 is 5.45. The van der Waals surface area contributed by atoms with Crippen molar-refractivity contribution in [2.45, 2.75) is 25.4 Å². The highest BCUT2D eigenvalue weighted by Gasteiger charge is 2.37. The van der Waals surface area contributed by atoms with Crippen molar-refractivity contribution < 1.29 is 4.74 Å². The predicted octanol–water partition coefficient (Wildman–Crippen LogP) is 1.64. The predicted molar refractivity (Wildman–Crippen MR) is 65.2 cm³/mol. The number of piperazine rings is 1. The Hall–Kier alpha value is -1.22. The van der Waals surface area contributed by atoms with E-state index in [9.17, 15) is 0 Å². The van der Waals surface area contributed by atoms with E-state index in [1.54, 1.807) is 0 Å². The second-order valence-corrected chi connectivity index (χ2v) is 4.57. The maximum absolute atomic E-state index is 5.45. The molecule has 2 atom stereocenters. The summed E-state index contributed by atoms with van der Waals surface area (Å²) in [6.45, 7) is 5.03. The lowest BCUT2D eigenvalue weighted by Crippen LogP contribution is -2.43. The number of hydrogen-bond donors (Lipinski definition) is 1. The van der Waals surface area contributed by atoms with Crippen LogP contribution in [0.15, 0.2) is 24.3 Å². The molecule has 0 radical (unpaired) electrons. The van der Waals surface area contributed by atoms with Crippen molar-refractivity contribution in [1.82, 2.24) is 5.32 Å². The van der Waals surface area contributed by atoms with Crippen molar-refractivity contribution in [2.75, 3.05) is 24.6 Å². The van der Waals surface area contributed by atoms with Crippen LogP contribution in [0.5, 0.6) is 5.75 Å². The van der Waals surface area contributed by atoms with Gasteiger partial charge >= 0.3 is 0 Å². The number of benzene rings is 1. The molecule has 1 aromatic carbocycles. The largest absolute Gasteiger partial charge is 0.494 e. The van der Waals surface area contributed by atoms with E-state index in [4.69, 9.17) is 4.74 Å². The van der Waals surface area contributed by atoms with Crippen molar-refractivity contribution >= 4 is 5.69 Å². The summed E-state index contributed by atoms with van der Waals surface area (Å²) >= 11 is 0. The minimum absolute atomic E-state index is 0.697. The number of nitrogens with one attached hydrogen (secondary N) is 1. The maximum Gasteiger partial charge on any atom is 0.119 e. The fraction of sp³-hybridized carbons (Fsp3) is 0.538. The smallest absolute Gasteiger partial charge is 0.119 e. The molecule has 2 aliphatic rings. The van der Waals surface area contributed by atoms with Crippen LogP contribution >= 0.6 is 0 Å². The Morgan fingerprint density at radius 1 is 1.38 bits per heavy atom. The van der Waals surface area contributed by atoms with E-state index in [1.165, 1.54) is 12.1 Å². The maximum atomic E-state index is 5.45. The van der Waals surface area contributed by atoms with Gasteiger partial charge in [-0.05, 0) is 37.6 Å². The Morgan fingerprint density at radius 2 is 2.19 bits per heavy atom. The second kappa shape index (κ2) is 3.98. The highest BCUT2D eigenvalue weighted by atomic mass is 16.5. The Kier molecular flexibility index (Phi) is 2.48. The fourth-order valence-electron chi connectivity index (χ4n) is 2.78. The molecule has 2 fully saturated rings. The molecule has 3 rings (SSSR count). The Balaban J connectivity index is 1.75. The van der Waals surface area contributed by atoms with Gasteiger partial charge in [0.15, 0.2) is 0 Å². The Morgan fingerprint density at radius 3 is 2.75 bits per heavy atom. The summed E-state index contributed by atoms with van der Waals surface area (Å²) in [6, 6.07) is 9.88. The lowest BCUT2D eigenvalue weighted by molar-refractivity contribution is 0.340. The molecule has 2 heterocycles. The molecule has 3 nitrogen and oxygen atoms in total. The molecule has 16 heavy (non-hydrogen) atoms. The van der Waals surface area contributed by atoms with Gasteiger partial charge in [0, 0.05) is 30.9 Å². The first kappa shape index (κ1) is 9.97. The zero-order valence-electron chi connectivity index (χ0n) is 9.65. The summed E-state index contributed by atoms with van der Waals surface area (Å²) in [4.78, 5) is 2.51. The monoisotopic (exact) mass is 218 g/mol. The van der Waals surface area contributed by atoms with Crippen molar-refractivity contribution in [1.29, 1.82) is 0 Å². The van der Waals surface area contributed by atoms with E-state index in [1.807, 2.05) is 6.92 Å². The van der Waals surface area contributed by atoms with E-state index < -0.39 is 0 Å². The van der Waals surface area contributed by atoms with Gasteiger partial charge in [-0.2, -0.15) is 0 Å². The first-order valence-electron chi connectivity index (χ1n) is 6.09. The third kappa shape index (κ3) is 1.65. The van der Waals surface area contributed by atoms with E-state index >= 15 is 0 Å². The number of rotatable bonds is 3. The van der Waals surface area contributed by atoms with Crippen LogP contribution in [0.4, 0.5) is 5.69 Å². The van der Waals surface area contributed by atoms with E-state index in [0.717, 1.165) is 25.4 Å². The molecule has 2 bridgehead atoms. The number of anilines is 1. The second-order valence-electron chi connectivity index (χ2n) is 4.57. The summed E-state index contributed by atoms with van der Waals surface area (Å²) in [5.74, 6) is 0.966. The lowest BCUT2D eigenvalue weighted by atomic mass is 10.2. The van der Waals surface area contributed by atoms with Crippen LogP contribution in [-0.2, 0) is 0 Å². The van der Waals surface area contributed by atoms with E-state index in [2.05, 4.69) is 34.5 Å². The van der Waals surface area contributed by atoms with Crippen LogP contribution in [0.2, 0.25) is 0 Å². The van der Waals surface area contributed by atoms with Crippen molar-refractivity contribution in [2.24, 2.45) is 0 Å². The summed E-state index contributed by atoms with van der Waals surface area (Å²) in [6.07, 6.45) is 1.30. The molecule has 2 saturated heterocycles.